The minimum absolute atomic E-state index is 0.492. The van der Waals surface area contributed by atoms with Crippen molar-refractivity contribution in [1.82, 2.24) is 5.32 Å². The van der Waals surface area contributed by atoms with Gasteiger partial charge in [0.25, 0.3) is 0 Å². The van der Waals surface area contributed by atoms with Crippen molar-refractivity contribution in [2.24, 2.45) is 0 Å². The van der Waals surface area contributed by atoms with Gasteiger partial charge in [0, 0.05) is 19.4 Å². The first kappa shape index (κ1) is 10.0. The Bertz CT molecular complexity index is 280. The Hall–Kier alpha value is -0.510. The van der Waals surface area contributed by atoms with Crippen LogP contribution in [0.4, 0.5) is 0 Å². The van der Waals surface area contributed by atoms with Gasteiger partial charge in [-0.05, 0) is 11.1 Å². The highest BCUT2D eigenvalue weighted by Crippen LogP contribution is 2.29. The van der Waals surface area contributed by atoms with Crippen LogP contribution in [0.25, 0.3) is 0 Å². The number of thioether (sulfide) groups is 1. The second-order valence-corrected chi connectivity index (χ2v) is 4.59. The molecule has 2 nitrogen and oxygen atoms in total. The summed E-state index contributed by atoms with van der Waals surface area (Å²) in [5, 5.41) is 3.95. The second kappa shape index (κ2) is 4.82. The van der Waals surface area contributed by atoms with Gasteiger partial charge in [0.15, 0.2) is 0 Å². The lowest BCUT2D eigenvalue weighted by molar-refractivity contribution is 0.185. The molecule has 1 aromatic rings. The third kappa shape index (κ3) is 2.29. The van der Waals surface area contributed by atoms with Gasteiger partial charge in [0.05, 0.1) is 12.0 Å². The van der Waals surface area contributed by atoms with E-state index in [1.54, 1.807) is 7.11 Å². The quantitative estimate of drug-likeness (QED) is 0.824. The molecule has 0 amide bonds. The van der Waals surface area contributed by atoms with Crippen LogP contribution >= 0.6 is 11.8 Å². The van der Waals surface area contributed by atoms with Gasteiger partial charge in [-0.3, -0.25) is 0 Å². The standard InChI is InChI=1S/C11H15NOS/c1-13-8-9-2-4-10(5-3-9)11-12-6-7-14-11/h2-5,11-12H,6-8H2,1H3. The Balaban J connectivity index is 2.05. The molecule has 1 aromatic carbocycles. The lowest BCUT2D eigenvalue weighted by Crippen LogP contribution is -2.11. The van der Waals surface area contributed by atoms with Crippen LogP contribution in [-0.4, -0.2) is 19.4 Å². The van der Waals surface area contributed by atoms with Gasteiger partial charge in [0.2, 0.25) is 0 Å². The number of benzene rings is 1. The number of hydrogen-bond donors (Lipinski definition) is 1. The minimum atomic E-state index is 0.492. The topological polar surface area (TPSA) is 21.3 Å². The Morgan fingerprint density at radius 3 is 2.79 bits per heavy atom. The molecule has 0 spiro atoms. The predicted molar refractivity (Wildman–Crippen MR) is 60.4 cm³/mol. The summed E-state index contributed by atoms with van der Waals surface area (Å²) in [7, 11) is 1.72. The molecule has 1 unspecified atom stereocenters. The largest absolute Gasteiger partial charge is 0.380 e. The predicted octanol–water partition coefficient (Wildman–Crippen LogP) is 2.17. The molecule has 76 valence electrons. The third-order valence-electron chi connectivity index (χ3n) is 2.31. The third-order valence-corrected chi connectivity index (χ3v) is 3.52. The maximum atomic E-state index is 5.07. The van der Waals surface area contributed by atoms with Crippen molar-refractivity contribution in [3.05, 3.63) is 35.4 Å². The van der Waals surface area contributed by atoms with E-state index in [1.807, 2.05) is 11.8 Å². The molecular formula is C11H15NOS. The van der Waals surface area contributed by atoms with E-state index in [1.165, 1.54) is 16.9 Å². The van der Waals surface area contributed by atoms with Gasteiger partial charge in [-0.25, -0.2) is 0 Å². The molecule has 14 heavy (non-hydrogen) atoms. The van der Waals surface area contributed by atoms with Crippen LogP contribution < -0.4 is 5.32 Å². The summed E-state index contributed by atoms with van der Waals surface area (Å²) in [4.78, 5) is 0. The van der Waals surface area contributed by atoms with Gasteiger partial charge in [-0.2, -0.15) is 0 Å². The van der Waals surface area contributed by atoms with Crippen molar-refractivity contribution in [2.75, 3.05) is 19.4 Å². The number of nitrogens with one attached hydrogen (secondary N) is 1. The number of hydrogen-bond acceptors (Lipinski definition) is 3. The normalized spacial score (nSPS) is 21.4. The van der Waals surface area contributed by atoms with E-state index in [0.717, 1.165) is 6.54 Å². The smallest absolute Gasteiger partial charge is 0.0790 e. The molecule has 0 saturated carbocycles. The highest BCUT2D eigenvalue weighted by molar-refractivity contribution is 7.99. The van der Waals surface area contributed by atoms with Crippen molar-refractivity contribution in [3.8, 4) is 0 Å². The van der Waals surface area contributed by atoms with Crippen LogP contribution in [0.15, 0.2) is 24.3 Å². The van der Waals surface area contributed by atoms with Gasteiger partial charge >= 0.3 is 0 Å². The Labute approximate surface area is 89.0 Å². The molecule has 1 atom stereocenters. The monoisotopic (exact) mass is 209 g/mol. The maximum absolute atomic E-state index is 5.07. The van der Waals surface area contributed by atoms with Crippen LogP contribution in [0.5, 0.6) is 0 Å². The number of ether oxygens (including phenoxy) is 1. The van der Waals surface area contributed by atoms with E-state index in [-0.39, 0.29) is 0 Å². The molecule has 1 aliphatic heterocycles. The summed E-state index contributed by atoms with van der Waals surface area (Å²) >= 11 is 1.97. The fourth-order valence-corrected chi connectivity index (χ4v) is 2.65. The van der Waals surface area contributed by atoms with Gasteiger partial charge in [0.1, 0.15) is 0 Å². The average molecular weight is 209 g/mol. The van der Waals surface area contributed by atoms with Crippen molar-refractivity contribution in [1.29, 1.82) is 0 Å². The van der Waals surface area contributed by atoms with E-state index >= 15 is 0 Å². The first-order chi connectivity index (χ1) is 6.90. The molecule has 1 saturated heterocycles. The van der Waals surface area contributed by atoms with E-state index < -0.39 is 0 Å². The molecule has 1 heterocycles. The Morgan fingerprint density at radius 1 is 1.43 bits per heavy atom. The maximum Gasteiger partial charge on any atom is 0.0790 e. The molecule has 0 bridgehead atoms. The van der Waals surface area contributed by atoms with Crippen molar-refractivity contribution in [2.45, 2.75) is 12.0 Å². The lowest BCUT2D eigenvalue weighted by Gasteiger charge is -2.10. The summed E-state index contributed by atoms with van der Waals surface area (Å²) in [6.45, 7) is 1.82. The van der Waals surface area contributed by atoms with Crippen molar-refractivity contribution >= 4 is 11.8 Å². The zero-order valence-electron chi connectivity index (χ0n) is 8.32. The van der Waals surface area contributed by atoms with Gasteiger partial charge < -0.3 is 10.1 Å². The Morgan fingerprint density at radius 2 is 2.21 bits per heavy atom. The highest BCUT2D eigenvalue weighted by Gasteiger charge is 2.15. The van der Waals surface area contributed by atoms with Crippen LogP contribution in [0, 0.1) is 0 Å². The first-order valence-electron chi connectivity index (χ1n) is 4.83. The van der Waals surface area contributed by atoms with Crippen LogP contribution in [0.1, 0.15) is 16.5 Å². The van der Waals surface area contributed by atoms with Gasteiger partial charge in [-0.15, -0.1) is 11.8 Å². The van der Waals surface area contributed by atoms with Crippen molar-refractivity contribution < 1.29 is 4.74 Å². The SMILES string of the molecule is COCc1ccc(C2NCCS2)cc1. The zero-order chi connectivity index (χ0) is 9.80. The molecule has 1 aliphatic rings. The van der Waals surface area contributed by atoms with E-state index in [4.69, 9.17) is 4.74 Å². The summed E-state index contributed by atoms with van der Waals surface area (Å²) < 4.78 is 5.07. The van der Waals surface area contributed by atoms with E-state index in [2.05, 4.69) is 29.6 Å². The first-order valence-corrected chi connectivity index (χ1v) is 5.88. The molecule has 1 N–H and O–H groups in total. The second-order valence-electron chi connectivity index (χ2n) is 3.38. The van der Waals surface area contributed by atoms with E-state index in [0.29, 0.717) is 12.0 Å². The van der Waals surface area contributed by atoms with Crippen LogP contribution in [0.3, 0.4) is 0 Å². The molecule has 2 rings (SSSR count). The summed E-state index contributed by atoms with van der Waals surface area (Å²) in [5.41, 5.74) is 2.60. The summed E-state index contributed by atoms with van der Waals surface area (Å²) in [6.07, 6.45) is 0. The van der Waals surface area contributed by atoms with E-state index in [9.17, 15) is 0 Å². The van der Waals surface area contributed by atoms with Crippen LogP contribution in [0.2, 0.25) is 0 Å². The van der Waals surface area contributed by atoms with Gasteiger partial charge in [-0.1, -0.05) is 24.3 Å². The lowest BCUT2D eigenvalue weighted by atomic mass is 10.1. The molecule has 3 heteroatoms. The number of rotatable bonds is 3. The average Bonchev–Trinajstić information content (AvgIpc) is 2.72. The van der Waals surface area contributed by atoms with Crippen molar-refractivity contribution in [3.63, 3.8) is 0 Å². The fourth-order valence-electron chi connectivity index (χ4n) is 1.60. The molecular weight excluding hydrogens is 194 g/mol. The fraction of sp³-hybridized carbons (Fsp3) is 0.455. The molecule has 0 radical (unpaired) electrons. The zero-order valence-corrected chi connectivity index (χ0v) is 9.14. The number of methoxy groups -OCH3 is 1. The Kier molecular flexibility index (Phi) is 3.45. The molecule has 0 aromatic heterocycles. The molecule has 1 fully saturated rings. The summed E-state index contributed by atoms with van der Waals surface area (Å²) in [5.74, 6) is 1.21. The minimum Gasteiger partial charge on any atom is -0.380 e. The molecule has 0 aliphatic carbocycles. The summed E-state index contributed by atoms with van der Waals surface area (Å²) in [6, 6.07) is 8.65. The highest BCUT2D eigenvalue weighted by atomic mass is 32.2. The van der Waals surface area contributed by atoms with Crippen LogP contribution in [-0.2, 0) is 11.3 Å².